The van der Waals surface area contributed by atoms with Gasteiger partial charge in [-0.3, -0.25) is 9.36 Å². The number of hydrogen-bond acceptors (Lipinski definition) is 3. The van der Waals surface area contributed by atoms with Gasteiger partial charge < -0.3 is 5.32 Å². The first-order chi connectivity index (χ1) is 9.51. The molecule has 0 radical (unpaired) electrons. The predicted octanol–water partition coefficient (Wildman–Crippen LogP) is 2.38. The van der Waals surface area contributed by atoms with E-state index in [0.29, 0.717) is 12.6 Å². The van der Waals surface area contributed by atoms with Crippen LogP contribution in [0.4, 0.5) is 0 Å². The van der Waals surface area contributed by atoms with E-state index in [2.05, 4.69) is 36.3 Å². The normalized spacial score (nSPS) is 11.5. The first-order valence-corrected chi connectivity index (χ1v) is 7.34. The largest absolute Gasteiger partial charge is 0.310 e. The highest BCUT2D eigenvalue weighted by Gasteiger charge is 2.13. The molecule has 0 amide bonds. The second kappa shape index (κ2) is 6.41. The van der Waals surface area contributed by atoms with Crippen molar-refractivity contribution in [2.75, 3.05) is 0 Å². The first kappa shape index (κ1) is 15.1. The fraction of sp³-hybridized carbons (Fsp3) is 0.571. The minimum atomic E-state index is 0.469. The molecule has 6 heteroatoms. The molecule has 0 saturated heterocycles. The van der Waals surface area contributed by atoms with Crippen LogP contribution in [0.3, 0.4) is 0 Å². The Bertz CT molecular complexity index is 570. The fourth-order valence-corrected chi connectivity index (χ4v) is 2.40. The number of rotatable bonds is 6. The molecule has 110 valence electrons. The summed E-state index contributed by atoms with van der Waals surface area (Å²) in [6, 6.07) is 0.469. The van der Waals surface area contributed by atoms with Gasteiger partial charge in [0.15, 0.2) is 0 Å². The van der Waals surface area contributed by atoms with Crippen molar-refractivity contribution in [3.8, 4) is 0 Å². The Morgan fingerprint density at radius 1 is 1.40 bits per heavy atom. The van der Waals surface area contributed by atoms with Crippen molar-refractivity contribution in [3.63, 3.8) is 0 Å². The van der Waals surface area contributed by atoms with E-state index in [-0.39, 0.29) is 0 Å². The maximum atomic E-state index is 6.35. The van der Waals surface area contributed by atoms with Gasteiger partial charge in [-0.15, -0.1) is 0 Å². The molecule has 0 atom stereocenters. The van der Waals surface area contributed by atoms with Crippen LogP contribution in [0, 0.1) is 0 Å². The molecule has 2 rings (SSSR count). The van der Waals surface area contributed by atoms with Gasteiger partial charge in [-0.05, 0) is 6.42 Å². The predicted molar refractivity (Wildman–Crippen MR) is 80.9 cm³/mol. The highest BCUT2D eigenvalue weighted by molar-refractivity contribution is 6.31. The Morgan fingerprint density at radius 3 is 2.75 bits per heavy atom. The summed E-state index contributed by atoms with van der Waals surface area (Å²) in [6.45, 7) is 7.79. The quantitative estimate of drug-likeness (QED) is 0.890. The lowest BCUT2D eigenvalue weighted by Gasteiger charge is -2.05. The van der Waals surface area contributed by atoms with Crippen molar-refractivity contribution in [2.24, 2.45) is 7.05 Å². The Morgan fingerprint density at radius 2 is 2.15 bits per heavy atom. The van der Waals surface area contributed by atoms with Crippen LogP contribution in [0.1, 0.15) is 37.7 Å². The van der Waals surface area contributed by atoms with Gasteiger partial charge >= 0.3 is 0 Å². The number of hydrogen-bond donors (Lipinski definition) is 1. The van der Waals surface area contributed by atoms with Crippen LogP contribution in [0.5, 0.6) is 0 Å². The van der Waals surface area contributed by atoms with Crippen molar-refractivity contribution >= 4 is 11.6 Å². The summed E-state index contributed by atoms with van der Waals surface area (Å²) in [5.74, 6) is 0. The van der Waals surface area contributed by atoms with E-state index >= 15 is 0 Å². The minimum Gasteiger partial charge on any atom is -0.310 e. The molecule has 2 aromatic rings. The Hall–Kier alpha value is -1.33. The zero-order valence-electron chi connectivity index (χ0n) is 12.5. The van der Waals surface area contributed by atoms with E-state index in [1.165, 1.54) is 5.56 Å². The van der Waals surface area contributed by atoms with Crippen LogP contribution >= 0.6 is 11.6 Å². The van der Waals surface area contributed by atoms with Crippen molar-refractivity contribution in [2.45, 2.75) is 46.3 Å². The number of halogens is 1. The second-order valence-electron chi connectivity index (χ2n) is 5.27. The molecular weight excluding hydrogens is 274 g/mol. The standard InChI is InChI=1S/C14H22ClN5/c1-5-12-14(15)13(19(4)18-12)9-20-8-11(7-17-20)6-16-10(2)3/h7-8,10,16H,5-6,9H2,1-4H3. The maximum Gasteiger partial charge on any atom is 0.0869 e. The molecule has 2 heterocycles. The average molecular weight is 296 g/mol. The van der Waals surface area contributed by atoms with Crippen LogP contribution < -0.4 is 5.32 Å². The smallest absolute Gasteiger partial charge is 0.0869 e. The van der Waals surface area contributed by atoms with Gasteiger partial charge in [0, 0.05) is 31.4 Å². The van der Waals surface area contributed by atoms with Crippen LogP contribution in [-0.2, 0) is 26.6 Å². The molecule has 5 nitrogen and oxygen atoms in total. The van der Waals surface area contributed by atoms with Crippen molar-refractivity contribution < 1.29 is 0 Å². The molecule has 1 N–H and O–H groups in total. The average Bonchev–Trinajstić information content (AvgIpc) is 2.96. The van der Waals surface area contributed by atoms with E-state index < -0.39 is 0 Å². The number of aromatic nitrogens is 4. The second-order valence-corrected chi connectivity index (χ2v) is 5.64. The molecule has 0 bridgehead atoms. The number of nitrogens with one attached hydrogen (secondary N) is 1. The third-order valence-electron chi connectivity index (χ3n) is 3.22. The van der Waals surface area contributed by atoms with Crippen LogP contribution in [-0.4, -0.2) is 25.6 Å². The van der Waals surface area contributed by atoms with E-state index in [9.17, 15) is 0 Å². The Balaban J connectivity index is 2.09. The van der Waals surface area contributed by atoms with Crippen molar-refractivity contribution in [1.29, 1.82) is 0 Å². The third kappa shape index (κ3) is 3.41. The summed E-state index contributed by atoms with van der Waals surface area (Å²) in [5, 5.41) is 12.9. The fourth-order valence-electron chi connectivity index (χ4n) is 2.05. The molecule has 2 aromatic heterocycles. The lowest BCUT2D eigenvalue weighted by Crippen LogP contribution is -2.21. The van der Waals surface area contributed by atoms with E-state index in [0.717, 1.165) is 29.4 Å². The summed E-state index contributed by atoms with van der Waals surface area (Å²) in [6.07, 6.45) is 4.78. The van der Waals surface area contributed by atoms with E-state index in [1.54, 1.807) is 0 Å². The Kier molecular flexibility index (Phi) is 4.83. The van der Waals surface area contributed by atoms with Crippen molar-refractivity contribution in [1.82, 2.24) is 24.9 Å². The zero-order chi connectivity index (χ0) is 14.7. The minimum absolute atomic E-state index is 0.469. The molecule has 20 heavy (non-hydrogen) atoms. The van der Waals surface area contributed by atoms with Crippen LogP contribution in [0.25, 0.3) is 0 Å². The molecular formula is C14H22ClN5. The summed E-state index contributed by atoms with van der Waals surface area (Å²) in [5.41, 5.74) is 3.11. The van der Waals surface area contributed by atoms with Crippen LogP contribution in [0.2, 0.25) is 5.02 Å². The monoisotopic (exact) mass is 295 g/mol. The maximum absolute atomic E-state index is 6.35. The van der Waals surface area contributed by atoms with E-state index in [4.69, 9.17) is 11.6 Å². The molecule has 0 aromatic carbocycles. The number of nitrogens with zero attached hydrogens (tertiary/aromatic N) is 4. The molecule has 0 aliphatic heterocycles. The number of aryl methyl sites for hydroxylation is 2. The lowest BCUT2D eigenvalue weighted by molar-refractivity contribution is 0.587. The summed E-state index contributed by atoms with van der Waals surface area (Å²) >= 11 is 6.35. The van der Waals surface area contributed by atoms with Crippen molar-refractivity contribution in [3.05, 3.63) is 34.4 Å². The lowest BCUT2D eigenvalue weighted by atomic mass is 10.3. The first-order valence-electron chi connectivity index (χ1n) is 6.96. The van der Waals surface area contributed by atoms with Gasteiger partial charge in [0.25, 0.3) is 0 Å². The zero-order valence-corrected chi connectivity index (χ0v) is 13.3. The van der Waals surface area contributed by atoms with Gasteiger partial charge in [0.2, 0.25) is 0 Å². The summed E-state index contributed by atoms with van der Waals surface area (Å²) < 4.78 is 3.74. The molecule has 0 saturated carbocycles. The van der Waals surface area contributed by atoms with Gasteiger partial charge in [-0.25, -0.2) is 0 Å². The van der Waals surface area contributed by atoms with Gasteiger partial charge in [-0.1, -0.05) is 32.4 Å². The van der Waals surface area contributed by atoms with E-state index in [1.807, 2.05) is 28.8 Å². The molecule has 0 unspecified atom stereocenters. The summed E-state index contributed by atoms with van der Waals surface area (Å²) in [7, 11) is 1.92. The molecule has 0 aliphatic carbocycles. The van der Waals surface area contributed by atoms with Gasteiger partial charge in [0.1, 0.15) is 0 Å². The Labute approximate surface area is 124 Å². The SMILES string of the molecule is CCc1nn(C)c(Cn2cc(CNC(C)C)cn2)c1Cl. The highest BCUT2D eigenvalue weighted by atomic mass is 35.5. The topological polar surface area (TPSA) is 47.7 Å². The summed E-state index contributed by atoms with van der Waals surface area (Å²) in [4.78, 5) is 0. The molecule has 0 fully saturated rings. The third-order valence-corrected chi connectivity index (χ3v) is 3.65. The highest BCUT2D eigenvalue weighted by Crippen LogP contribution is 2.21. The molecule has 0 aliphatic rings. The van der Waals surface area contributed by atoms with Crippen LogP contribution in [0.15, 0.2) is 12.4 Å². The molecule has 0 spiro atoms. The van der Waals surface area contributed by atoms with Gasteiger partial charge in [-0.2, -0.15) is 10.2 Å². The van der Waals surface area contributed by atoms with Gasteiger partial charge in [0.05, 0.1) is 29.2 Å².